The zero-order chi connectivity index (χ0) is 13.7. The molecule has 6 heteroatoms. The molecule has 0 radical (unpaired) electrons. The van der Waals surface area contributed by atoms with Crippen molar-refractivity contribution in [1.29, 1.82) is 0 Å². The molecular weight excluding hydrogens is 260 g/mol. The monoisotopic (exact) mass is 276 g/mol. The van der Waals surface area contributed by atoms with Gasteiger partial charge in [-0.05, 0) is 0 Å². The highest BCUT2D eigenvalue weighted by atomic mass is 35.5. The zero-order valence-electron chi connectivity index (χ0n) is 10.5. The minimum Gasteiger partial charge on any atom is -0.496 e. The average Bonchev–Trinajstić information content (AvgIpc) is 2.43. The van der Waals surface area contributed by atoms with Crippen LogP contribution in [0.2, 0.25) is 0 Å². The summed E-state index contributed by atoms with van der Waals surface area (Å²) in [5, 5.41) is 19.7. The number of rotatable bonds is 6. The summed E-state index contributed by atoms with van der Waals surface area (Å²) in [4.78, 5) is 0. The summed E-state index contributed by atoms with van der Waals surface area (Å²) in [5.74, 6) is 1.16. The van der Waals surface area contributed by atoms with Crippen molar-refractivity contribution in [3.8, 4) is 17.2 Å². The molecule has 0 aliphatic heterocycles. The third-order valence-corrected chi connectivity index (χ3v) is 2.89. The fraction of sp³-hybridized carbons (Fsp3) is 0.500. The smallest absolute Gasteiger partial charge is 0.132 e. The van der Waals surface area contributed by atoms with Crippen LogP contribution in [0.3, 0.4) is 0 Å². The quantitative estimate of drug-likeness (QED) is 0.768. The Labute approximate surface area is 111 Å². The van der Waals surface area contributed by atoms with Crippen LogP contribution in [0.4, 0.5) is 0 Å². The van der Waals surface area contributed by atoms with Gasteiger partial charge in [0.1, 0.15) is 23.4 Å². The second kappa shape index (κ2) is 6.68. The van der Waals surface area contributed by atoms with E-state index in [9.17, 15) is 10.2 Å². The van der Waals surface area contributed by atoms with E-state index in [0.29, 0.717) is 22.8 Å². The number of alkyl halides is 1. The molecule has 1 aromatic carbocycles. The van der Waals surface area contributed by atoms with Crippen LogP contribution in [0, 0.1) is 0 Å². The molecule has 0 aliphatic carbocycles. The summed E-state index contributed by atoms with van der Waals surface area (Å²) in [6.07, 6.45) is -2.30. The molecule has 1 rings (SSSR count). The molecule has 0 aromatic heterocycles. The third-order valence-electron chi connectivity index (χ3n) is 2.57. The van der Waals surface area contributed by atoms with E-state index in [1.54, 1.807) is 12.1 Å². The Bertz CT molecular complexity index is 371. The SMILES string of the molecule is COc1cc(OC)c(C(O)C(O)CCl)c(OC)c1. The molecule has 0 heterocycles. The Morgan fingerprint density at radius 3 is 1.89 bits per heavy atom. The number of aliphatic hydroxyl groups is 2. The second-order valence-electron chi connectivity index (χ2n) is 3.61. The highest BCUT2D eigenvalue weighted by Gasteiger charge is 2.26. The first-order chi connectivity index (χ1) is 8.58. The maximum Gasteiger partial charge on any atom is 0.132 e. The van der Waals surface area contributed by atoms with Crippen LogP contribution in [0.5, 0.6) is 17.2 Å². The van der Waals surface area contributed by atoms with Gasteiger partial charge in [-0.25, -0.2) is 0 Å². The van der Waals surface area contributed by atoms with Crippen LogP contribution in [0.25, 0.3) is 0 Å². The molecule has 0 aliphatic rings. The molecule has 5 nitrogen and oxygen atoms in total. The number of aliphatic hydroxyl groups excluding tert-OH is 2. The molecule has 18 heavy (non-hydrogen) atoms. The average molecular weight is 277 g/mol. The van der Waals surface area contributed by atoms with Gasteiger partial charge in [0.25, 0.3) is 0 Å². The van der Waals surface area contributed by atoms with E-state index >= 15 is 0 Å². The first-order valence-corrected chi connectivity index (χ1v) is 5.84. The van der Waals surface area contributed by atoms with Crippen LogP contribution >= 0.6 is 11.6 Å². The normalized spacial score (nSPS) is 13.9. The summed E-state index contributed by atoms with van der Waals surface area (Å²) in [6, 6.07) is 3.20. The molecule has 0 amide bonds. The lowest BCUT2D eigenvalue weighted by Crippen LogP contribution is -2.21. The minimum atomic E-state index is -1.20. The topological polar surface area (TPSA) is 68.2 Å². The number of halogens is 1. The highest BCUT2D eigenvalue weighted by molar-refractivity contribution is 6.18. The Balaban J connectivity index is 3.30. The third kappa shape index (κ3) is 2.98. The van der Waals surface area contributed by atoms with Gasteiger partial charge in [-0.15, -0.1) is 11.6 Å². The van der Waals surface area contributed by atoms with E-state index < -0.39 is 12.2 Å². The molecule has 0 saturated heterocycles. The molecule has 1 aromatic rings. The van der Waals surface area contributed by atoms with E-state index in [4.69, 9.17) is 25.8 Å². The first kappa shape index (κ1) is 14.9. The van der Waals surface area contributed by atoms with E-state index in [1.165, 1.54) is 21.3 Å². The van der Waals surface area contributed by atoms with Gasteiger partial charge in [-0.3, -0.25) is 0 Å². The number of benzene rings is 1. The van der Waals surface area contributed by atoms with Gasteiger partial charge in [0.05, 0.1) is 38.9 Å². The lowest BCUT2D eigenvalue weighted by atomic mass is 10.0. The maximum atomic E-state index is 10.0. The van der Waals surface area contributed by atoms with Gasteiger partial charge in [-0.1, -0.05) is 0 Å². The van der Waals surface area contributed by atoms with Crippen LogP contribution in [0.1, 0.15) is 11.7 Å². The Hall–Kier alpha value is -1.17. The first-order valence-electron chi connectivity index (χ1n) is 5.31. The Morgan fingerprint density at radius 2 is 1.56 bits per heavy atom. The molecule has 2 unspecified atom stereocenters. The maximum absolute atomic E-state index is 10.0. The molecular formula is C12H17ClO5. The van der Waals surface area contributed by atoms with Gasteiger partial charge in [0.2, 0.25) is 0 Å². The standard InChI is InChI=1S/C12H17ClO5/c1-16-7-4-9(17-2)11(10(5-7)18-3)12(15)8(14)6-13/h4-5,8,12,14-15H,6H2,1-3H3. The van der Waals surface area contributed by atoms with Crippen molar-refractivity contribution < 1.29 is 24.4 Å². The van der Waals surface area contributed by atoms with Gasteiger partial charge in [0, 0.05) is 12.1 Å². The lowest BCUT2D eigenvalue weighted by Gasteiger charge is -2.21. The molecule has 102 valence electrons. The molecule has 2 N–H and O–H groups in total. The van der Waals surface area contributed by atoms with Crippen LogP contribution < -0.4 is 14.2 Å². The van der Waals surface area contributed by atoms with Crippen LogP contribution in [-0.4, -0.2) is 43.5 Å². The van der Waals surface area contributed by atoms with E-state index in [-0.39, 0.29) is 5.88 Å². The van der Waals surface area contributed by atoms with E-state index in [0.717, 1.165) is 0 Å². The van der Waals surface area contributed by atoms with Crippen molar-refractivity contribution in [2.45, 2.75) is 12.2 Å². The van der Waals surface area contributed by atoms with Crippen LogP contribution in [0.15, 0.2) is 12.1 Å². The predicted octanol–water partition coefficient (Wildman–Crippen LogP) is 1.35. The summed E-state index contributed by atoms with van der Waals surface area (Å²) < 4.78 is 15.4. The zero-order valence-corrected chi connectivity index (χ0v) is 11.3. The largest absolute Gasteiger partial charge is 0.496 e. The fourth-order valence-electron chi connectivity index (χ4n) is 1.60. The Morgan fingerprint density at radius 1 is 1.06 bits per heavy atom. The van der Waals surface area contributed by atoms with Crippen molar-refractivity contribution in [2.24, 2.45) is 0 Å². The van der Waals surface area contributed by atoms with E-state index in [2.05, 4.69) is 0 Å². The lowest BCUT2D eigenvalue weighted by molar-refractivity contribution is 0.0296. The van der Waals surface area contributed by atoms with Crippen molar-refractivity contribution in [1.82, 2.24) is 0 Å². The van der Waals surface area contributed by atoms with Gasteiger partial charge >= 0.3 is 0 Å². The highest BCUT2D eigenvalue weighted by Crippen LogP contribution is 2.39. The number of ether oxygens (including phenoxy) is 3. The Kier molecular flexibility index (Phi) is 5.53. The van der Waals surface area contributed by atoms with E-state index in [1.807, 2.05) is 0 Å². The van der Waals surface area contributed by atoms with Crippen molar-refractivity contribution in [3.63, 3.8) is 0 Å². The summed E-state index contributed by atoms with van der Waals surface area (Å²) in [6.45, 7) is 0. The van der Waals surface area contributed by atoms with Crippen molar-refractivity contribution in [2.75, 3.05) is 27.2 Å². The summed E-state index contributed by atoms with van der Waals surface area (Å²) >= 11 is 5.53. The van der Waals surface area contributed by atoms with Crippen molar-refractivity contribution in [3.05, 3.63) is 17.7 Å². The molecule has 0 spiro atoms. The van der Waals surface area contributed by atoms with Crippen LogP contribution in [-0.2, 0) is 0 Å². The molecule has 0 bridgehead atoms. The number of hydrogen-bond acceptors (Lipinski definition) is 5. The number of hydrogen-bond donors (Lipinski definition) is 2. The molecule has 2 atom stereocenters. The van der Waals surface area contributed by atoms with Gasteiger partial charge in [-0.2, -0.15) is 0 Å². The second-order valence-corrected chi connectivity index (χ2v) is 3.92. The van der Waals surface area contributed by atoms with Gasteiger partial charge < -0.3 is 24.4 Å². The van der Waals surface area contributed by atoms with Crippen molar-refractivity contribution >= 4 is 11.6 Å². The summed E-state index contributed by atoms with van der Waals surface area (Å²) in [5.41, 5.74) is 0.342. The molecule has 0 saturated carbocycles. The minimum absolute atomic E-state index is 0.0977. The number of methoxy groups -OCH3 is 3. The predicted molar refractivity (Wildman–Crippen MR) is 67.8 cm³/mol. The fourth-order valence-corrected chi connectivity index (χ4v) is 1.77. The van der Waals surface area contributed by atoms with Gasteiger partial charge in [0.15, 0.2) is 0 Å². The summed E-state index contributed by atoms with van der Waals surface area (Å²) in [7, 11) is 4.42. The molecule has 0 fully saturated rings.